The lowest BCUT2D eigenvalue weighted by Crippen LogP contribution is -2.48. The van der Waals surface area contributed by atoms with Gasteiger partial charge >= 0.3 is 0 Å². The Morgan fingerprint density at radius 1 is 1.32 bits per heavy atom. The van der Waals surface area contributed by atoms with Crippen LogP contribution in [-0.2, 0) is 10.2 Å². The molecule has 4 aliphatic rings. The molecule has 1 atom stereocenters. The van der Waals surface area contributed by atoms with Gasteiger partial charge in [0.25, 0.3) is 5.22 Å². The van der Waals surface area contributed by atoms with Gasteiger partial charge in [-0.25, -0.2) is 0 Å². The summed E-state index contributed by atoms with van der Waals surface area (Å²) in [6.45, 7) is 1.81. The normalized spacial score (nSPS) is 31.5. The number of thiophene rings is 1. The topological polar surface area (TPSA) is 91.8 Å². The maximum absolute atomic E-state index is 12.5. The van der Waals surface area contributed by atoms with Crippen molar-refractivity contribution in [2.45, 2.75) is 61.3 Å². The van der Waals surface area contributed by atoms with Crippen molar-refractivity contribution in [1.29, 1.82) is 5.26 Å². The smallest absolute Gasteiger partial charge is 0.277 e. The van der Waals surface area contributed by atoms with Crippen LogP contribution in [0, 0.1) is 29.1 Å². The van der Waals surface area contributed by atoms with Crippen LogP contribution in [0.3, 0.4) is 0 Å². The van der Waals surface area contributed by atoms with Gasteiger partial charge in [0, 0.05) is 5.41 Å². The zero-order chi connectivity index (χ0) is 19.3. The summed E-state index contributed by atoms with van der Waals surface area (Å²) in [5.41, 5.74) is 0.558. The van der Waals surface area contributed by atoms with Gasteiger partial charge in [0.05, 0.1) is 10.8 Å². The second-order valence-corrected chi connectivity index (χ2v) is 10.8. The first-order valence-electron chi connectivity index (χ1n) is 9.84. The van der Waals surface area contributed by atoms with Gasteiger partial charge in [-0.2, -0.15) is 5.26 Å². The average molecular weight is 415 g/mol. The van der Waals surface area contributed by atoms with Crippen molar-refractivity contribution < 1.29 is 9.21 Å². The summed E-state index contributed by atoms with van der Waals surface area (Å²) < 4.78 is 6.08. The van der Waals surface area contributed by atoms with E-state index in [-0.39, 0.29) is 11.3 Å². The van der Waals surface area contributed by atoms with Gasteiger partial charge in [0.2, 0.25) is 11.8 Å². The molecule has 28 heavy (non-hydrogen) atoms. The van der Waals surface area contributed by atoms with Crippen LogP contribution in [-0.4, -0.2) is 21.4 Å². The number of hydrogen-bond donors (Lipinski definition) is 1. The number of nitriles is 1. The lowest BCUT2D eigenvalue weighted by Gasteiger charge is -2.55. The molecule has 1 N–H and O–H groups in total. The minimum atomic E-state index is -0.390. The Morgan fingerprint density at radius 3 is 2.64 bits per heavy atom. The number of hydrogen-bond acceptors (Lipinski definition) is 7. The van der Waals surface area contributed by atoms with E-state index >= 15 is 0 Å². The quantitative estimate of drug-likeness (QED) is 0.720. The third-order valence-electron chi connectivity index (χ3n) is 6.57. The van der Waals surface area contributed by atoms with Gasteiger partial charge in [0.1, 0.15) is 11.1 Å². The van der Waals surface area contributed by atoms with Crippen LogP contribution in [0.2, 0.25) is 0 Å². The third-order valence-corrected chi connectivity index (χ3v) is 8.33. The zero-order valence-corrected chi connectivity index (χ0v) is 17.3. The van der Waals surface area contributed by atoms with Crippen LogP contribution in [0.25, 0.3) is 0 Å². The highest BCUT2D eigenvalue weighted by molar-refractivity contribution is 8.00. The summed E-state index contributed by atoms with van der Waals surface area (Å²) in [5.74, 6) is 3.07. The predicted molar refractivity (Wildman–Crippen MR) is 107 cm³/mol. The van der Waals surface area contributed by atoms with E-state index in [1.54, 1.807) is 11.4 Å². The first kappa shape index (κ1) is 18.2. The molecule has 2 aromatic rings. The maximum atomic E-state index is 12.5. The van der Waals surface area contributed by atoms with Gasteiger partial charge in [-0.3, -0.25) is 4.79 Å². The molecule has 0 saturated heterocycles. The first-order chi connectivity index (χ1) is 13.5. The lowest BCUT2D eigenvalue weighted by atomic mass is 9.49. The van der Waals surface area contributed by atoms with Crippen molar-refractivity contribution in [3.05, 3.63) is 22.9 Å². The molecule has 8 heteroatoms. The van der Waals surface area contributed by atoms with Crippen molar-refractivity contribution in [3.63, 3.8) is 0 Å². The molecule has 0 radical (unpaired) electrons. The van der Waals surface area contributed by atoms with E-state index in [0.717, 1.165) is 23.6 Å². The molecule has 4 fully saturated rings. The fraction of sp³-hybridized carbons (Fsp3) is 0.600. The number of thioether (sulfide) groups is 1. The Labute approximate surface area is 172 Å². The molecule has 4 bridgehead atoms. The fourth-order valence-corrected chi connectivity index (χ4v) is 7.18. The van der Waals surface area contributed by atoms with E-state index in [4.69, 9.17) is 9.68 Å². The van der Waals surface area contributed by atoms with Gasteiger partial charge in [0.15, 0.2) is 0 Å². The van der Waals surface area contributed by atoms with Crippen LogP contribution in [0.4, 0.5) is 5.00 Å². The molecule has 4 aliphatic carbocycles. The molecule has 1 amide bonds. The predicted octanol–water partition coefficient (Wildman–Crippen LogP) is 4.59. The summed E-state index contributed by atoms with van der Waals surface area (Å²) in [4.78, 5) is 12.5. The molecular formula is C20H22N4O2S2. The molecule has 146 valence electrons. The molecular weight excluding hydrogens is 392 g/mol. The SMILES string of the molecule is C[C@@H](Sc1nnc(C23CC4CC(CC(C4)C2)C3)o1)C(=O)Nc1sccc1C#N. The van der Waals surface area contributed by atoms with Crippen molar-refractivity contribution in [3.8, 4) is 6.07 Å². The molecule has 6 rings (SSSR count). The second kappa shape index (κ2) is 6.89. The van der Waals surface area contributed by atoms with Gasteiger partial charge in [-0.05, 0) is 74.6 Å². The Balaban J connectivity index is 1.27. The number of nitrogens with zero attached hydrogens (tertiary/aromatic N) is 3. The number of nitrogens with one attached hydrogen (secondary N) is 1. The highest BCUT2D eigenvalue weighted by Gasteiger charge is 2.54. The third kappa shape index (κ3) is 3.15. The second-order valence-electron chi connectivity index (χ2n) is 8.60. The number of rotatable bonds is 5. The molecule has 0 aliphatic heterocycles. The summed E-state index contributed by atoms with van der Waals surface area (Å²) in [5, 5.41) is 23.0. The van der Waals surface area contributed by atoms with Crippen molar-refractivity contribution in [2.75, 3.05) is 5.32 Å². The van der Waals surface area contributed by atoms with Crippen LogP contribution < -0.4 is 5.32 Å². The number of anilines is 1. The standard InChI is InChI=1S/C20H22N4O2S2/c1-11(16(25)22-17-15(10-21)2-3-27-17)28-19-24-23-18(26-19)20-7-12-4-13(8-20)6-14(5-12)9-20/h2-3,11-14H,4-9H2,1H3,(H,22,25)/t11-,12?,13?,14?,20?/m1/s1. The Kier molecular flexibility index (Phi) is 4.48. The zero-order valence-electron chi connectivity index (χ0n) is 15.7. The highest BCUT2D eigenvalue weighted by atomic mass is 32.2. The first-order valence-corrected chi connectivity index (χ1v) is 11.6. The monoisotopic (exact) mass is 414 g/mol. The van der Waals surface area contributed by atoms with Crippen molar-refractivity contribution in [1.82, 2.24) is 10.2 Å². The average Bonchev–Trinajstić information content (AvgIpc) is 3.30. The molecule has 0 unspecified atom stereocenters. The fourth-order valence-electron chi connectivity index (χ4n) is 5.76. The summed E-state index contributed by atoms with van der Waals surface area (Å²) in [6.07, 6.45) is 7.66. The lowest BCUT2D eigenvalue weighted by molar-refractivity contribution is -0.115. The molecule has 2 aromatic heterocycles. The Hall–Kier alpha value is -1.85. The Morgan fingerprint density at radius 2 is 2.00 bits per heavy atom. The molecule has 4 saturated carbocycles. The van der Waals surface area contributed by atoms with E-state index in [2.05, 4.69) is 21.6 Å². The molecule has 6 nitrogen and oxygen atoms in total. The molecule has 2 heterocycles. The molecule has 0 aromatic carbocycles. The largest absolute Gasteiger partial charge is 0.415 e. The van der Waals surface area contributed by atoms with E-state index < -0.39 is 5.25 Å². The number of amides is 1. The van der Waals surface area contributed by atoms with Gasteiger partial charge in [-0.15, -0.1) is 21.5 Å². The van der Waals surface area contributed by atoms with Crippen LogP contribution in [0.5, 0.6) is 0 Å². The van der Waals surface area contributed by atoms with Crippen LogP contribution in [0.1, 0.15) is 56.9 Å². The van der Waals surface area contributed by atoms with Crippen LogP contribution in [0.15, 0.2) is 21.1 Å². The van der Waals surface area contributed by atoms with Gasteiger partial charge < -0.3 is 9.73 Å². The van der Waals surface area contributed by atoms with Crippen molar-refractivity contribution >= 4 is 34.0 Å². The summed E-state index contributed by atoms with van der Waals surface area (Å²) in [7, 11) is 0. The minimum Gasteiger partial charge on any atom is -0.415 e. The Bertz CT molecular complexity index is 909. The van der Waals surface area contributed by atoms with Crippen molar-refractivity contribution in [2.24, 2.45) is 17.8 Å². The van der Waals surface area contributed by atoms with Gasteiger partial charge in [-0.1, -0.05) is 11.8 Å². The van der Waals surface area contributed by atoms with E-state index in [1.165, 1.54) is 61.6 Å². The maximum Gasteiger partial charge on any atom is 0.277 e. The highest BCUT2D eigenvalue weighted by Crippen LogP contribution is 2.60. The number of aromatic nitrogens is 2. The number of carbonyl (C=O) groups is 1. The van der Waals surface area contributed by atoms with E-state index in [9.17, 15) is 4.79 Å². The molecule has 0 spiro atoms. The number of carbonyl (C=O) groups excluding carboxylic acids is 1. The minimum absolute atomic E-state index is 0.0741. The summed E-state index contributed by atoms with van der Waals surface area (Å²) >= 11 is 2.63. The summed E-state index contributed by atoms with van der Waals surface area (Å²) in [6, 6.07) is 3.79. The van der Waals surface area contributed by atoms with E-state index in [0.29, 0.717) is 15.8 Å². The van der Waals surface area contributed by atoms with E-state index in [1.807, 2.05) is 6.92 Å². The van der Waals surface area contributed by atoms with Crippen LogP contribution >= 0.6 is 23.1 Å².